The minimum absolute atomic E-state index is 0. The molecule has 28 heavy (non-hydrogen) atoms. The fourth-order valence-corrected chi connectivity index (χ4v) is 4.91. The van der Waals surface area contributed by atoms with Crippen LogP contribution in [0.25, 0.3) is 0 Å². The molecule has 1 aliphatic carbocycles. The van der Waals surface area contributed by atoms with E-state index in [1.54, 1.807) is 5.57 Å². The summed E-state index contributed by atoms with van der Waals surface area (Å²) in [6.07, 6.45) is 10.7. The van der Waals surface area contributed by atoms with E-state index >= 15 is 0 Å². The molecule has 0 bridgehead atoms. The smallest absolute Gasteiger partial charge is 1.00 e. The molecule has 0 spiro atoms. The largest absolute Gasteiger partial charge is 1.00 e. The number of allylic oxidation sites excluding steroid dienone is 4. The fourth-order valence-electron chi connectivity index (χ4n) is 3.92. The maximum Gasteiger partial charge on any atom is -1.00 e. The minimum Gasteiger partial charge on any atom is -1.00 e. The number of rotatable bonds is 6. The molecule has 0 nitrogen and oxygen atoms in total. The third-order valence-corrected chi connectivity index (χ3v) is 6.41. The molecule has 0 radical (unpaired) electrons. The summed E-state index contributed by atoms with van der Waals surface area (Å²) in [5, 5.41) is 0. The van der Waals surface area contributed by atoms with E-state index in [1.807, 2.05) is 0 Å². The fraction of sp³-hybridized carbons (Fsp3) is 0.333. The SMILES string of the molecule is CCCCC1=CC=C[C]1([Ti+3])C(c1cccc(C)c1)c1cccc(C)c1.[Cl-].[Cl-].[Cl-]. The van der Waals surface area contributed by atoms with Crippen LogP contribution in [-0.2, 0) is 20.4 Å². The molecule has 0 heterocycles. The Kier molecular flexibility index (Phi) is 12.0. The number of unbranched alkanes of at least 4 members (excludes halogenated alkanes) is 1. The van der Waals surface area contributed by atoms with Gasteiger partial charge in [0.15, 0.2) is 0 Å². The molecule has 1 unspecified atom stereocenters. The third kappa shape index (κ3) is 6.00. The van der Waals surface area contributed by atoms with Gasteiger partial charge in [-0.25, -0.2) is 0 Å². The van der Waals surface area contributed by atoms with E-state index < -0.39 is 0 Å². The average molecular weight is 470 g/mol. The van der Waals surface area contributed by atoms with E-state index in [4.69, 9.17) is 0 Å². The van der Waals surface area contributed by atoms with Gasteiger partial charge in [-0.1, -0.05) is 0 Å². The topological polar surface area (TPSA) is 0 Å². The summed E-state index contributed by atoms with van der Waals surface area (Å²) in [6.45, 7) is 6.66. The summed E-state index contributed by atoms with van der Waals surface area (Å²) in [5.41, 5.74) is 7.08. The average Bonchev–Trinajstić information content (AvgIpc) is 2.94. The van der Waals surface area contributed by atoms with Gasteiger partial charge in [-0.15, -0.1) is 0 Å². The monoisotopic (exact) mass is 468 g/mol. The molecule has 1 aliphatic rings. The molecule has 0 aliphatic heterocycles. The Morgan fingerprint density at radius 1 is 0.893 bits per heavy atom. The van der Waals surface area contributed by atoms with Gasteiger partial charge in [-0.2, -0.15) is 0 Å². The van der Waals surface area contributed by atoms with Crippen molar-refractivity contribution in [2.24, 2.45) is 0 Å². The Morgan fingerprint density at radius 2 is 1.43 bits per heavy atom. The molecular weight excluding hydrogens is 442 g/mol. The Bertz CT molecular complexity index is 768. The molecule has 0 saturated heterocycles. The van der Waals surface area contributed by atoms with Crippen LogP contribution in [0, 0.1) is 13.8 Å². The van der Waals surface area contributed by atoms with Gasteiger partial charge in [-0.05, 0) is 0 Å². The van der Waals surface area contributed by atoms with E-state index in [1.165, 1.54) is 41.5 Å². The first-order chi connectivity index (χ1) is 12.0. The van der Waals surface area contributed by atoms with Gasteiger partial charge >= 0.3 is 165 Å². The van der Waals surface area contributed by atoms with Crippen molar-refractivity contribution in [2.45, 2.75) is 49.7 Å². The van der Waals surface area contributed by atoms with Crippen LogP contribution in [0.2, 0.25) is 3.72 Å². The quantitative estimate of drug-likeness (QED) is 0.423. The number of benzene rings is 2. The first kappa shape index (κ1) is 27.5. The summed E-state index contributed by atoms with van der Waals surface area (Å²) in [4.78, 5) is 0. The van der Waals surface area contributed by atoms with Crippen molar-refractivity contribution in [2.75, 3.05) is 0 Å². The minimum atomic E-state index is 0. The predicted molar refractivity (Wildman–Crippen MR) is 104 cm³/mol. The van der Waals surface area contributed by atoms with Crippen molar-refractivity contribution < 1.29 is 57.7 Å². The van der Waals surface area contributed by atoms with E-state index in [9.17, 15) is 0 Å². The molecule has 3 rings (SSSR count). The predicted octanol–water partition coefficient (Wildman–Crippen LogP) is -2.16. The summed E-state index contributed by atoms with van der Waals surface area (Å²) >= 11 is 2.42. The maximum atomic E-state index is 2.42. The van der Waals surface area contributed by atoms with Crippen LogP contribution >= 0.6 is 0 Å². The second kappa shape index (κ2) is 12.3. The molecule has 0 N–H and O–H groups in total. The summed E-state index contributed by atoms with van der Waals surface area (Å²) in [5.74, 6) is 0.356. The van der Waals surface area contributed by atoms with Crippen molar-refractivity contribution in [1.82, 2.24) is 0 Å². The first-order valence-electron chi connectivity index (χ1n) is 9.31. The first-order valence-corrected chi connectivity index (χ1v) is 10.1. The zero-order chi connectivity index (χ0) is 17.9. The van der Waals surface area contributed by atoms with Crippen LogP contribution in [0.4, 0.5) is 0 Å². The van der Waals surface area contributed by atoms with Crippen LogP contribution in [-0.4, -0.2) is 0 Å². The van der Waals surface area contributed by atoms with E-state index in [-0.39, 0.29) is 40.9 Å². The molecule has 0 saturated carbocycles. The standard InChI is InChI=1S/C24H27.3ClH.Ti/c1-4-5-11-20-12-8-15-23(20)24(21-13-6-9-18(2)16-21)22-14-7-10-19(3)17-22;;;;/h6-10,12-17,24H,4-5,11H2,1-3H3;3*1H;/q;;;;+3/p-3. The Hall–Kier alpha value is -0.496. The van der Waals surface area contributed by atoms with Crippen LogP contribution in [0.1, 0.15) is 54.4 Å². The molecular formula is C24H27Cl3Ti. The van der Waals surface area contributed by atoms with Gasteiger partial charge in [0.2, 0.25) is 0 Å². The molecule has 2 aromatic rings. The van der Waals surface area contributed by atoms with Crippen molar-refractivity contribution in [1.29, 1.82) is 0 Å². The van der Waals surface area contributed by atoms with Gasteiger partial charge in [0.05, 0.1) is 0 Å². The van der Waals surface area contributed by atoms with Crippen molar-refractivity contribution in [3.8, 4) is 0 Å². The molecule has 0 amide bonds. The van der Waals surface area contributed by atoms with E-state index in [0.717, 1.165) is 0 Å². The van der Waals surface area contributed by atoms with Gasteiger partial charge in [0.25, 0.3) is 0 Å². The normalized spacial score (nSPS) is 17.4. The summed E-state index contributed by atoms with van der Waals surface area (Å²) in [7, 11) is 0. The molecule has 4 heteroatoms. The second-order valence-corrected chi connectivity index (χ2v) is 8.58. The molecule has 0 fully saturated rings. The van der Waals surface area contributed by atoms with Crippen LogP contribution in [0.15, 0.2) is 72.3 Å². The zero-order valence-electron chi connectivity index (χ0n) is 16.7. The summed E-state index contributed by atoms with van der Waals surface area (Å²) < 4.78 is 0.0523. The van der Waals surface area contributed by atoms with Crippen molar-refractivity contribution in [3.05, 3.63) is 94.6 Å². The van der Waals surface area contributed by atoms with Crippen LogP contribution < -0.4 is 37.2 Å². The number of hydrogen-bond donors (Lipinski definition) is 0. The summed E-state index contributed by atoms with van der Waals surface area (Å²) in [6, 6.07) is 18.1. The zero-order valence-corrected chi connectivity index (χ0v) is 20.5. The molecule has 1 atom stereocenters. The van der Waals surface area contributed by atoms with Crippen LogP contribution in [0.3, 0.4) is 0 Å². The Labute approximate surface area is 200 Å². The van der Waals surface area contributed by atoms with E-state index in [2.05, 4.69) is 108 Å². The molecule has 2 aromatic carbocycles. The number of aryl methyl sites for hydroxylation is 2. The van der Waals surface area contributed by atoms with Crippen molar-refractivity contribution in [3.63, 3.8) is 0 Å². The number of halogens is 3. The Balaban J connectivity index is 0.00000243. The second-order valence-electron chi connectivity index (χ2n) is 7.28. The maximum absolute atomic E-state index is 2.42. The van der Waals surface area contributed by atoms with Gasteiger partial charge in [0, 0.05) is 0 Å². The molecule has 148 valence electrons. The van der Waals surface area contributed by atoms with Gasteiger partial charge in [0.1, 0.15) is 0 Å². The van der Waals surface area contributed by atoms with Crippen molar-refractivity contribution >= 4 is 0 Å². The van der Waals surface area contributed by atoms with Gasteiger partial charge < -0.3 is 37.2 Å². The van der Waals surface area contributed by atoms with E-state index in [0.29, 0.717) is 5.92 Å². The Morgan fingerprint density at radius 3 is 1.89 bits per heavy atom. The number of hydrogen-bond acceptors (Lipinski definition) is 0. The van der Waals surface area contributed by atoms with Crippen LogP contribution in [0.5, 0.6) is 0 Å². The molecule has 0 aromatic heterocycles. The third-order valence-electron chi connectivity index (χ3n) is 5.19. The van der Waals surface area contributed by atoms with Gasteiger partial charge in [-0.3, -0.25) is 0 Å².